The van der Waals surface area contributed by atoms with Crippen LogP contribution in [0.4, 0.5) is 0 Å². The molecule has 2 N–H and O–H groups in total. The third-order valence-corrected chi connectivity index (χ3v) is 3.37. The van der Waals surface area contributed by atoms with Gasteiger partial charge in [-0.15, -0.1) is 0 Å². The first-order chi connectivity index (χ1) is 9.15. The van der Waals surface area contributed by atoms with Gasteiger partial charge in [0.15, 0.2) is 0 Å². The molecule has 1 atom stereocenters. The molecule has 4 nitrogen and oxygen atoms in total. The highest BCUT2D eigenvalue weighted by Gasteiger charge is 2.15. The molecule has 1 unspecified atom stereocenters. The molecular formula is C15H17N3O. The number of aromatic nitrogens is 2. The minimum atomic E-state index is -0.160. The topological polar surface area (TPSA) is 57.0 Å². The van der Waals surface area contributed by atoms with E-state index in [2.05, 4.69) is 17.2 Å². The van der Waals surface area contributed by atoms with E-state index in [-0.39, 0.29) is 6.04 Å². The monoisotopic (exact) mass is 255 g/mol. The normalized spacial score (nSPS) is 13.0. The summed E-state index contributed by atoms with van der Waals surface area (Å²) in [5.74, 6) is 1.70. The number of fused-ring (bicyclic) bond motifs is 1. The lowest BCUT2D eigenvalue weighted by Gasteiger charge is -2.06. The Morgan fingerprint density at radius 2 is 2.05 bits per heavy atom. The van der Waals surface area contributed by atoms with Crippen LogP contribution in [0.5, 0.6) is 0 Å². The van der Waals surface area contributed by atoms with Crippen molar-refractivity contribution in [2.24, 2.45) is 12.8 Å². The average Bonchev–Trinajstić information content (AvgIpc) is 2.96. The molecule has 0 fully saturated rings. The van der Waals surface area contributed by atoms with Crippen molar-refractivity contribution in [1.29, 1.82) is 0 Å². The third-order valence-electron chi connectivity index (χ3n) is 3.37. The number of hydrogen-bond acceptors (Lipinski definition) is 3. The van der Waals surface area contributed by atoms with Gasteiger partial charge < -0.3 is 10.2 Å². The van der Waals surface area contributed by atoms with E-state index in [0.717, 1.165) is 28.1 Å². The summed E-state index contributed by atoms with van der Waals surface area (Å²) in [5.41, 5.74) is 8.34. The predicted molar refractivity (Wildman–Crippen MR) is 74.8 cm³/mol. The molecule has 0 saturated carbocycles. The summed E-state index contributed by atoms with van der Waals surface area (Å²) in [7, 11) is 1.95. The first-order valence-electron chi connectivity index (χ1n) is 6.37. The summed E-state index contributed by atoms with van der Waals surface area (Å²) >= 11 is 0. The maximum atomic E-state index is 6.20. The second-order valence-electron chi connectivity index (χ2n) is 4.85. The zero-order chi connectivity index (χ0) is 13.4. The van der Waals surface area contributed by atoms with Crippen LogP contribution in [0.1, 0.15) is 23.3 Å². The number of aryl methyl sites for hydroxylation is 2. The van der Waals surface area contributed by atoms with Crippen LogP contribution in [0.2, 0.25) is 0 Å². The summed E-state index contributed by atoms with van der Waals surface area (Å²) in [6, 6.07) is 11.9. The van der Waals surface area contributed by atoms with Crippen LogP contribution >= 0.6 is 0 Å². The van der Waals surface area contributed by atoms with Gasteiger partial charge in [-0.3, -0.25) is 4.68 Å². The molecule has 0 aliphatic rings. The van der Waals surface area contributed by atoms with Gasteiger partial charge in [-0.2, -0.15) is 5.10 Å². The minimum Gasteiger partial charge on any atom is -0.465 e. The van der Waals surface area contributed by atoms with E-state index >= 15 is 0 Å². The molecule has 4 heteroatoms. The lowest BCUT2D eigenvalue weighted by molar-refractivity contribution is 0.443. The van der Waals surface area contributed by atoms with Crippen molar-refractivity contribution in [3.05, 3.63) is 53.6 Å². The van der Waals surface area contributed by atoms with Crippen LogP contribution in [-0.4, -0.2) is 9.78 Å². The van der Waals surface area contributed by atoms with Gasteiger partial charge in [-0.1, -0.05) is 18.2 Å². The van der Waals surface area contributed by atoms with E-state index in [4.69, 9.17) is 10.2 Å². The van der Waals surface area contributed by atoms with Crippen LogP contribution in [-0.2, 0) is 13.5 Å². The number of hydrogen-bond donors (Lipinski definition) is 1. The highest BCUT2D eigenvalue weighted by molar-refractivity contribution is 5.81. The Bertz CT molecular complexity index is 711. The molecule has 0 aliphatic heterocycles. The highest BCUT2D eigenvalue weighted by Crippen LogP contribution is 2.23. The largest absolute Gasteiger partial charge is 0.465 e. The molecule has 1 aromatic carbocycles. The Kier molecular flexibility index (Phi) is 2.87. The maximum absolute atomic E-state index is 6.20. The third kappa shape index (κ3) is 2.15. The number of nitrogens with two attached hydrogens (primary N) is 1. The van der Waals surface area contributed by atoms with E-state index in [1.165, 1.54) is 0 Å². The summed E-state index contributed by atoms with van der Waals surface area (Å²) in [5, 5.41) is 5.71. The Labute approximate surface area is 111 Å². The number of benzene rings is 1. The van der Waals surface area contributed by atoms with Crippen LogP contribution in [0.15, 0.2) is 40.8 Å². The Morgan fingerprint density at radius 3 is 2.79 bits per heavy atom. The highest BCUT2D eigenvalue weighted by atomic mass is 16.3. The second-order valence-corrected chi connectivity index (χ2v) is 4.85. The molecule has 0 bridgehead atoms. The summed E-state index contributed by atoms with van der Waals surface area (Å²) in [6.45, 7) is 1.92. The van der Waals surface area contributed by atoms with Gasteiger partial charge in [-0.05, 0) is 25.1 Å². The average molecular weight is 255 g/mol. The molecule has 0 amide bonds. The molecule has 98 valence electrons. The molecule has 3 rings (SSSR count). The summed E-state index contributed by atoms with van der Waals surface area (Å²) in [6.07, 6.45) is 0.675. The number of para-hydroxylation sites is 1. The van der Waals surface area contributed by atoms with Crippen molar-refractivity contribution in [3.63, 3.8) is 0 Å². The van der Waals surface area contributed by atoms with E-state index in [1.807, 2.05) is 42.9 Å². The lowest BCUT2D eigenvalue weighted by atomic mass is 10.1. The van der Waals surface area contributed by atoms with E-state index < -0.39 is 0 Å². The van der Waals surface area contributed by atoms with Gasteiger partial charge in [0.05, 0.1) is 17.3 Å². The second kappa shape index (κ2) is 4.55. The first kappa shape index (κ1) is 12.0. The Balaban J connectivity index is 1.93. The lowest BCUT2D eigenvalue weighted by Crippen LogP contribution is -2.13. The molecule has 0 spiro atoms. The molecule has 3 aromatic rings. The summed E-state index contributed by atoms with van der Waals surface area (Å²) < 4.78 is 7.47. The molecule has 0 aliphatic carbocycles. The van der Waals surface area contributed by atoms with Crippen molar-refractivity contribution in [1.82, 2.24) is 9.78 Å². The summed E-state index contributed by atoms with van der Waals surface area (Å²) in [4.78, 5) is 0. The van der Waals surface area contributed by atoms with Crippen molar-refractivity contribution < 1.29 is 4.42 Å². The molecule has 0 saturated heterocycles. The van der Waals surface area contributed by atoms with E-state index in [0.29, 0.717) is 6.42 Å². The predicted octanol–water partition coefficient (Wildman–Crippen LogP) is 2.72. The molecule has 2 aromatic heterocycles. The van der Waals surface area contributed by atoms with Gasteiger partial charge in [0.1, 0.15) is 11.5 Å². The molecular weight excluding hydrogens is 238 g/mol. The number of nitrogens with zero attached hydrogens (tertiary/aromatic N) is 2. The van der Waals surface area contributed by atoms with Gasteiger partial charge in [-0.25, -0.2) is 0 Å². The van der Waals surface area contributed by atoms with Crippen LogP contribution in [0.3, 0.4) is 0 Å². The minimum absolute atomic E-state index is 0.160. The maximum Gasteiger partial charge on any atom is 0.121 e. The fourth-order valence-corrected chi connectivity index (χ4v) is 2.40. The Hall–Kier alpha value is -2.07. The van der Waals surface area contributed by atoms with Gasteiger partial charge >= 0.3 is 0 Å². The van der Waals surface area contributed by atoms with Crippen molar-refractivity contribution in [2.75, 3.05) is 0 Å². The van der Waals surface area contributed by atoms with Crippen molar-refractivity contribution in [3.8, 4) is 0 Å². The Morgan fingerprint density at radius 1 is 1.26 bits per heavy atom. The van der Waals surface area contributed by atoms with Crippen molar-refractivity contribution >= 4 is 10.9 Å². The zero-order valence-corrected chi connectivity index (χ0v) is 11.1. The standard InChI is InChI=1S/C15H17N3O/c1-10-7-8-15(19-10)12(16)9-13-11-5-3-4-6-14(11)18(2)17-13/h3-8,12H,9,16H2,1-2H3. The van der Waals surface area contributed by atoms with Crippen molar-refractivity contribution in [2.45, 2.75) is 19.4 Å². The van der Waals surface area contributed by atoms with Gasteiger partial charge in [0, 0.05) is 18.9 Å². The quantitative estimate of drug-likeness (QED) is 0.783. The van der Waals surface area contributed by atoms with Crippen LogP contribution in [0, 0.1) is 6.92 Å². The van der Waals surface area contributed by atoms with E-state index in [1.54, 1.807) is 0 Å². The molecule has 2 heterocycles. The zero-order valence-electron chi connectivity index (χ0n) is 11.1. The molecule has 0 radical (unpaired) electrons. The smallest absolute Gasteiger partial charge is 0.121 e. The fraction of sp³-hybridized carbons (Fsp3) is 0.267. The van der Waals surface area contributed by atoms with Gasteiger partial charge in [0.2, 0.25) is 0 Å². The number of rotatable bonds is 3. The van der Waals surface area contributed by atoms with Crippen LogP contribution < -0.4 is 5.73 Å². The number of furan rings is 1. The first-order valence-corrected chi connectivity index (χ1v) is 6.37. The van der Waals surface area contributed by atoms with E-state index in [9.17, 15) is 0 Å². The van der Waals surface area contributed by atoms with Gasteiger partial charge in [0.25, 0.3) is 0 Å². The fourth-order valence-electron chi connectivity index (χ4n) is 2.40. The van der Waals surface area contributed by atoms with Crippen LogP contribution in [0.25, 0.3) is 10.9 Å². The SMILES string of the molecule is Cc1ccc(C(N)Cc2nn(C)c3ccccc23)o1. The molecule has 19 heavy (non-hydrogen) atoms.